The van der Waals surface area contributed by atoms with Crippen LogP contribution in [0.4, 0.5) is 0 Å². The van der Waals surface area contributed by atoms with E-state index in [9.17, 15) is 14.4 Å². The van der Waals surface area contributed by atoms with Gasteiger partial charge in [-0.05, 0) is 12.5 Å². The summed E-state index contributed by atoms with van der Waals surface area (Å²) in [6, 6.07) is 7.71. The summed E-state index contributed by atoms with van der Waals surface area (Å²) in [7, 11) is 0. The highest BCUT2D eigenvalue weighted by Gasteiger charge is 2.65. The second-order valence-electron chi connectivity index (χ2n) is 7.03. The standard InChI is InChI=1S/C18H18BrCl3N2O4S/c1-17(8-19)13(16(27)28-9-18(20,21)22)24-14(26)12(15(24)29-17)23-11(25)7-10-5-3-2-4-6-10/h2-6,12-13,15H,7-9H2,1H3,(H,23,25)/t12?,13?,15-,17-/m0/s1. The minimum atomic E-state index is -1.74. The van der Waals surface area contributed by atoms with Crippen molar-refractivity contribution in [3.8, 4) is 0 Å². The maximum atomic E-state index is 12.7. The van der Waals surface area contributed by atoms with Gasteiger partial charge in [-0.3, -0.25) is 9.59 Å². The Morgan fingerprint density at radius 1 is 1.31 bits per heavy atom. The van der Waals surface area contributed by atoms with Gasteiger partial charge in [0.15, 0.2) is 0 Å². The number of β-lactam (4-membered cyclic amide) rings is 1. The maximum Gasteiger partial charge on any atom is 0.330 e. The van der Waals surface area contributed by atoms with E-state index in [0.717, 1.165) is 5.56 Å². The van der Waals surface area contributed by atoms with Gasteiger partial charge < -0.3 is 15.0 Å². The Kier molecular flexibility index (Phi) is 7.00. The number of alkyl halides is 4. The first-order chi connectivity index (χ1) is 13.6. The molecular weight excluding hydrogens is 527 g/mol. The van der Waals surface area contributed by atoms with Gasteiger partial charge in [-0.1, -0.05) is 81.1 Å². The zero-order valence-corrected chi connectivity index (χ0v) is 19.9. The molecule has 2 heterocycles. The highest BCUT2D eigenvalue weighted by molar-refractivity contribution is 9.09. The monoisotopic (exact) mass is 542 g/mol. The van der Waals surface area contributed by atoms with Gasteiger partial charge >= 0.3 is 5.97 Å². The normalized spacial score (nSPS) is 28.5. The lowest BCUT2D eigenvalue weighted by atomic mass is 9.95. The molecule has 158 valence electrons. The third kappa shape index (κ3) is 4.98. The van der Waals surface area contributed by atoms with Crippen LogP contribution in [0.25, 0.3) is 0 Å². The minimum Gasteiger partial charge on any atom is -0.460 e. The number of ether oxygens (including phenoxy) is 1. The van der Waals surface area contributed by atoms with E-state index in [1.54, 1.807) is 0 Å². The maximum absolute atomic E-state index is 12.7. The minimum absolute atomic E-state index is 0.173. The highest BCUT2D eigenvalue weighted by atomic mass is 79.9. The molecule has 0 aliphatic carbocycles. The van der Waals surface area contributed by atoms with E-state index in [4.69, 9.17) is 39.5 Å². The number of esters is 1. The Labute approximate surface area is 196 Å². The van der Waals surface area contributed by atoms with Crippen LogP contribution in [0.1, 0.15) is 12.5 Å². The average molecular weight is 545 g/mol. The number of hydrogen-bond acceptors (Lipinski definition) is 5. The lowest BCUT2D eigenvalue weighted by Crippen LogP contribution is -2.71. The predicted molar refractivity (Wildman–Crippen MR) is 118 cm³/mol. The fraction of sp³-hybridized carbons (Fsp3) is 0.500. The summed E-state index contributed by atoms with van der Waals surface area (Å²) in [6.45, 7) is 1.43. The van der Waals surface area contributed by atoms with Crippen LogP contribution in [-0.2, 0) is 25.5 Å². The molecule has 1 aromatic rings. The summed E-state index contributed by atoms with van der Waals surface area (Å²) in [5.74, 6) is -1.22. The summed E-state index contributed by atoms with van der Waals surface area (Å²) < 4.78 is 2.75. The van der Waals surface area contributed by atoms with Crippen LogP contribution in [0.5, 0.6) is 0 Å². The van der Waals surface area contributed by atoms with Crippen molar-refractivity contribution in [1.29, 1.82) is 0 Å². The van der Waals surface area contributed by atoms with Gasteiger partial charge in [0.05, 0.1) is 11.2 Å². The van der Waals surface area contributed by atoms with Gasteiger partial charge in [0.1, 0.15) is 24.1 Å². The first-order valence-corrected chi connectivity index (χ1v) is 11.8. The predicted octanol–water partition coefficient (Wildman–Crippen LogP) is 3.06. The van der Waals surface area contributed by atoms with Gasteiger partial charge in [-0.2, -0.15) is 0 Å². The summed E-state index contributed by atoms with van der Waals surface area (Å²) in [5, 5.41) is 2.85. The zero-order chi connectivity index (χ0) is 21.4. The molecule has 2 unspecified atom stereocenters. The molecule has 6 nitrogen and oxygen atoms in total. The summed E-state index contributed by atoms with van der Waals surface area (Å²) in [5.41, 5.74) is 0.853. The molecule has 2 saturated heterocycles. The lowest BCUT2D eigenvalue weighted by Gasteiger charge is -2.44. The molecule has 2 aliphatic heterocycles. The second-order valence-corrected chi connectivity index (χ2v) is 11.8. The molecule has 0 aromatic heterocycles. The van der Waals surface area contributed by atoms with Crippen LogP contribution < -0.4 is 5.32 Å². The molecule has 0 saturated carbocycles. The number of nitrogens with zero attached hydrogens (tertiary/aromatic N) is 1. The molecule has 0 radical (unpaired) electrons. The van der Waals surface area contributed by atoms with Gasteiger partial charge in [-0.25, -0.2) is 4.79 Å². The Morgan fingerprint density at radius 2 is 1.97 bits per heavy atom. The SMILES string of the molecule is C[C@@]1(CBr)S[C@H]2C(NC(=O)Cc3ccccc3)C(=O)N2C1C(=O)OCC(Cl)(Cl)Cl. The number of amides is 2. The number of thioether (sulfide) groups is 1. The topological polar surface area (TPSA) is 75.7 Å². The van der Waals surface area contributed by atoms with Crippen LogP contribution in [0.3, 0.4) is 0 Å². The zero-order valence-electron chi connectivity index (χ0n) is 15.2. The third-order valence-electron chi connectivity index (χ3n) is 4.72. The molecule has 2 aliphatic rings. The molecule has 11 heteroatoms. The van der Waals surface area contributed by atoms with Crippen molar-refractivity contribution in [2.45, 2.75) is 39.3 Å². The number of rotatable bonds is 6. The van der Waals surface area contributed by atoms with Crippen molar-refractivity contribution >= 4 is 80.3 Å². The number of nitrogens with one attached hydrogen (secondary N) is 1. The fourth-order valence-corrected chi connectivity index (χ4v) is 5.84. The van der Waals surface area contributed by atoms with E-state index in [0.29, 0.717) is 5.33 Å². The summed E-state index contributed by atoms with van der Waals surface area (Å²) >= 11 is 21.8. The van der Waals surface area contributed by atoms with Gasteiger partial charge in [0.2, 0.25) is 15.6 Å². The van der Waals surface area contributed by atoms with Gasteiger partial charge in [-0.15, -0.1) is 11.8 Å². The molecule has 3 rings (SSSR count). The molecule has 1 aromatic carbocycles. The van der Waals surface area contributed by atoms with Gasteiger partial charge in [0, 0.05) is 5.33 Å². The Bertz CT molecular complexity index is 810. The number of carbonyl (C=O) groups is 3. The fourth-order valence-electron chi connectivity index (χ4n) is 3.36. The molecule has 0 spiro atoms. The van der Waals surface area contributed by atoms with Crippen molar-refractivity contribution in [3.63, 3.8) is 0 Å². The van der Waals surface area contributed by atoms with Crippen LogP contribution in [0.2, 0.25) is 0 Å². The van der Waals surface area contributed by atoms with Crippen LogP contribution in [-0.4, -0.2) is 60.6 Å². The summed E-state index contributed by atoms with van der Waals surface area (Å²) in [6.07, 6.45) is 0.173. The van der Waals surface area contributed by atoms with E-state index in [1.165, 1.54) is 16.7 Å². The van der Waals surface area contributed by atoms with Crippen molar-refractivity contribution < 1.29 is 19.1 Å². The van der Waals surface area contributed by atoms with E-state index >= 15 is 0 Å². The molecule has 0 bridgehead atoms. The van der Waals surface area contributed by atoms with E-state index < -0.39 is 33.2 Å². The smallest absolute Gasteiger partial charge is 0.330 e. The molecule has 2 fully saturated rings. The Balaban J connectivity index is 1.68. The highest BCUT2D eigenvalue weighted by Crippen LogP contribution is 2.52. The van der Waals surface area contributed by atoms with E-state index in [2.05, 4.69) is 21.2 Å². The molecule has 1 N–H and O–H groups in total. The van der Waals surface area contributed by atoms with Crippen LogP contribution >= 0.6 is 62.5 Å². The number of carbonyl (C=O) groups excluding carboxylic acids is 3. The number of fused-ring (bicyclic) bond motifs is 1. The number of benzene rings is 1. The number of halogens is 4. The largest absolute Gasteiger partial charge is 0.460 e. The van der Waals surface area contributed by atoms with Gasteiger partial charge in [0.25, 0.3) is 0 Å². The lowest BCUT2D eigenvalue weighted by molar-refractivity contribution is -0.164. The first-order valence-electron chi connectivity index (χ1n) is 8.68. The second kappa shape index (κ2) is 8.83. The molecule has 2 amide bonds. The molecule has 4 atom stereocenters. The number of hydrogen-bond donors (Lipinski definition) is 1. The quantitative estimate of drug-likeness (QED) is 0.339. The van der Waals surface area contributed by atoms with Crippen LogP contribution in [0, 0.1) is 0 Å². The third-order valence-corrected chi connectivity index (χ3v) is 8.23. The van der Waals surface area contributed by atoms with E-state index in [-0.39, 0.29) is 23.6 Å². The van der Waals surface area contributed by atoms with Crippen molar-refractivity contribution in [2.75, 3.05) is 11.9 Å². The van der Waals surface area contributed by atoms with Crippen molar-refractivity contribution in [1.82, 2.24) is 10.2 Å². The first kappa shape index (κ1) is 23.0. The Hall–Kier alpha value is -0.670. The molecule has 29 heavy (non-hydrogen) atoms. The summed E-state index contributed by atoms with van der Waals surface area (Å²) in [4.78, 5) is 39.2. The Morgan fingerprint density at radius 3 is 2.55 bits per heavy atom. The average Bonchev–Trinajstić information content (AvgIpc) is 2.95. The van der Waals surface area contributed by atoms with Crippen LogP contribution in [0.15, 0.2) is 30.3 Å². The molecular formula is C18H18BrCl3N2O4S. The van der Waals surface area contributed by atoms with E-state index in [1.807, 2.05) is 37.3 Å². The van der Waals surface area contributed by atoms with Crippen molar-refractivity contribution in [3.05, 3.63) is 35.9 Å². The van der Waals surface area contributed by atoms with Crippen molar-refractivity contribution in [2.24, 2.45) is 0 Å².